The maximum Gasteiger partial charge on any atom is 0.296 e. The highest BCUT2D eigenvalue weighted by Gasteiger charge is 2.29. The molecule has 0 radical (unpaired) electrons. The molecule has 28 heteroatoms. The van der Waals surface area contributed by atoms with Crippen molar-refractivity contribution in [1.29, 1.82) is 0 Å². The highest BCUT2D eigenvalue weighted by atomic mass is 32.2. The summed E-state index contributed by atoms with van der Waals surface area (Å²) >= 11 is 0.464. The van der Waals surface area contributed by atoms with E-state index in [9.17, 15) is 54.2 Å². The number of nitrogens with two attached hydrogens (primary N) is 1. The summed E-state index contributed by atoms with van der Waals surface area (Å²) in [6.45, 7) is 2.95. The normalized spacial score (nSPS) is 12.8. The zero-order chi connectivity index (χ0) is 51.9. The Balaban J connectivity index is 1.24. The van der Waals surface area contributed by atoms with Gasteiger partial charge in [0.05, 0.1) is 50.8 Å². The molecular formula is C44H33N9O15S4. The molecule has 0 heterocycles. The fraction of sp³-hybridized carbons (Fsp3) is 0.0455. The zero-order valence-electron chi connectivity index (χ0n) is 36.6. The van der Waals surface area contributed by atoms with Crippen LogP contribution in [0.15, 0.2) is 170 Å². The standard InChI is InChI=1S/C44H33N9O15S4/c1-21-28-19-32(69-68-67-57)38(50-46-24-9-5-3-6-10-24)42(54)26(28)13-15-30(21)49-53-41-34(71(61,62)63)18-23-17-33(70(58,59)60)39(37(45)36(23)44(41)56)51-48-31-16-14-27-29(22(31)2)20-35(72(64,65)66)40(43(27)55)52-47-25-11-7-4-8-12-25/h3-20,54-57H,45H2,1-2H3,(H,58,59,60)(H,61,62,63)(H,64,65,66)/b50-46?,51-48?,52-47?,53-49+. The molecule has 9 N–H and O–H groups in total. The quantitative estimate of drug-likeness (QED) is 0.0125. The number of rotatable bonds is 14. The monoisotopic (exact) mass is 1060 g/mol. The van der Waals surface area contributed by atoms with Crippen LogP contribution in [0.4, 0.5) is 51.2 Å². The Bertz CT molecular complexity index is 4020. The van der Waals surface area contributed by atoms with Gasteiger partial charge in [0.25, 0.3) is 30.4 Å². The molecule has 0 aromatic heterocycles. The van der Waals surface area contributed by atoms with E-state index in [1.165, 1.54) is 37.3 Å². The molecule has 24 nitrogen and oxygen atoms in total. The number of hydrogen-bond donors (Lipinski definition) is 8. The van der Waals surface area contributed by atoms with Crippen LogP contribution >= 0.6 is 12.0 Å². The minimum Gasteiger partial charge on any atom is -0.505 e. The number of fused-ring (bicyclic) bond motifs is 3. The van der Waals surface area contributed by atoms with Gasteiger partial charge in [-0.15, -0.1) is 24.8 Å². The summed E-state index contributed by atoms with van der Waals surface area (Å²) in [7, 11) is -15.7. The second kappa shape index (κ2) is 19.7. The number of aromatic hydroxyl groups is 3. The molecule has 8 rings (SSSR count). The predicted molar refractivity (Wildman–Crippen MR) is 260 cm³/mol. The van der Waals surface area contributed by atoms with Gasteiger partial charge in [-0.3, -0.25) is 13.7 Å². The molecule has 0 atom stereocenters. The van der Waals surface area contributed by atoms with E-state index in [4.69, 9.17) is 11.0 Å². The van der Waals surface area contributed by atoms with Crippen molar-refractivity contribution < 1.29 is 68.9 Å². The number of nitrogen functional groups attached to an aromatic ring is 1. The summed E-state index contributed by atoms with van der Waals surface area (Å²) in [6, 6.07) is 25.8. The molecule has 0 amide bonds. The number of phenolic OH excluding ortho intramolecular Hbond substituents is 3. The lowest BCUT2D eigenvalue weighted by Gasteiger charge is -2.14. The molecule has 72 heavy (non-hydrogen) atoms. The van der Waals surface area contributed by atoms with Gasteiger partial charge in [0, 0.05) is 10.8 Å². The van der Waals surface area contributed by atoms with Crippen LogP contribution < -0.4 is 5.73 Å². The van der Waals surface area contributed by atoms with E-state index in [0.29, 0.717) is 46.5 Å². The van der Waals surface area contributed by atoms with Gasteiger partial charge in [0.15, 0.2) is 17.2 Å². The molecule has 8 aromatic carbocycles. The van der Waals surface area contributed by atoms with Gasteiger partial charge in [-0.25, -0.2) is 5.26 Å². The Kier molecular flexibility index (Phi) is 13.8. The first-order valence-electron chi connectivity index (χ1n) is 20.1. The van der Waals surface area contributed by atoms with E-state index in [2.05, 4.69) is 50.3 Å². The van der Waals surface area contributed by atoms with Crippen LogP contribution in [0.3, 0.4) is 0 Å². The molecule has 0 saturated heterocycles. The molecular weight excluding hydrogens is 1020 g/mol. The average Bonchev–Trinajstić information content (AvgIpc) is 3.32. The second-order valence-electron chi connectivity index (χ2n) is 15.2. The maximum atomic E-state index is 12.8. The van der Waals surface area contributed by atoms with Crippen molar-refractivity contribution in [3.63, 3.8) is 0 Å². The highest BCUT2D eigenvalue weighted by Crippen LogP contribution is 2.51. The van der Waals surface area contributed by atoms with Gasteiger partial charge < -0.3 is 21.1 Å². The van der Waals surface area contributed by atoms with Crippen molar-refractivity contribution in [2.24, 2.45) is 40.9 Å². The number of aryl methyl sites for hydroxylation is 2. The topological polar surface area (TPSA) is 387 Å². The Labute approximate surface area is 410 Å². The largest absolute Gasteiger partial charge is 0.505 e. The lowest BCUT2D eigenvalue weighted by atomic mass is 10.0. The fourth-order valence-corrected chi connectivity index (χ4v) is 9.81. The highest BCUT2D eigenvalue weighted by molar-refractivity contribution is 7.94. The average molecular weight is 1060 g/mol. The first-order chi connectivity index (χ1) is 34.1. The second-order valence-corrected chi connectivity index (χ2v) is 20.1. The molecule has 0 bridgehead atoms. The van der Waals surface area contributed by atoms with Crippen molar-refractivity contribution >= 4 is 126 Å². The van der Waals surface area contributed by atoms with Crippen molar-refractivity contribution in [2.45, 2.75) is 33.4 Å². The lowest BCUT2D eigenvalue weighted by molar-refractivity contribution is -0.432. The third kappa shape index (κ3) is 10.0. The van der Waals surface area contributed by atoms with Crippen LogP contribution in [-0.4, -0.2) is 59.5 Å². The van der Waals surface area contributed by atoms with E-state index in [-0.39, 0.29) is 49.4 Å². The summed E-state index contributed by atoms with van der Waals surface area (Å²) in [5.41, 5.74) is 4.43. The van der Waals surface area contributed by atoms with E-state index in [0.717, 1.165) is 6.07 Å². The van der Waals surface area contributed by atoms with Gasteiger partial charge in [-0.1, -0.05) is 41.4 Å². The fourth-order valence-electron chi connectivity index (χ4n) is 7.35. The number of benzene rings is 8. The molecule has 0 aliphatic heterocycles. The molecule has 0 aliphatic carbocycles. The summed E-state index contributed by atoms with van der Waals surface area (Å²) in [5.74, 6) is -2.14. The van der Waals surface area contributed by atoms with Crippen LogP contribution in [0.1, 0.15) is 11.1 Å². The third-order valence-electron chi connectivity index (χ3n) is 10.8. The molecule has 0 spiro atoms. The number of phenols is 3. The number of azo groups is 4. The van der Waals surface area contributed by atoms with Gasteiger partial charge in [0.1, 0.15) is 37.4 Å². The van der Waals surface area contributed by atoms with Gasteiger partial charge >= 0.3 is 0 Å². The van der Waals surface area contributed by atoms with Gasteiger partial charge in [-0.05, 0) is 114 Å². The van der Waals surface area contributed by atoms with Crippen LogP contribution in [0.5, 0.6) is 17.2 Å². The first kappa shape index (κ1) is 50.5. The first-order valence-corrected chi connectivity index (χ1v) is 25.2. The Morgan fingerprint density at radius 1 is 0.486 bits per heavy atom. The van der Waals surface area contributed by atoms with Gasteiger partial charge in [-0.2, -0.15) is 45.7 Å². The molecule has 0 saturated carbocycles. The maximum absolute atomic E-state index is 12.8. The molecule has 0 fully saturated rings. The number of hydrogen-bond acceptors (Lipinski definition) is 22. The van der Waals surface area contributed by atoms with Crippen LogP contribution in [0.2, 0.25) is 0 Å². The summed E-state index contributed by atoms with van der Waals surface area (Å²) in [4.78, 5) is -2.86. The molecule has 368 valence electrons. The number of anilines is 1. The molecule has 8 aromatic rings. The molecule has 0 aliphatic rings. The summed E-state index contributed by atoms with van der Waals surface area (Å²) in [5, 5.41) is 78.7. The van der Waals surface area contributed by atoms with Crippen molar-refractivity contribution in [3.8, 4) is 17.2 Å². The minimum atomic E-state index is -5.31. The molecule has 0 unspecified atom stereocenters. The van der Waals surface area contributed by atoms with Crippen LogP contribution in [-0.2, 0) is 39.7 Å². The Morgan fingerprint density at radius 3 is 1.40 bits per heavy atom. The van der Waals surface area contributed by atoms with Crippen LogP contribution in [0, 0.1) is 13.8 Å². The lowest BCUT2D eigenvalue weighted by Crippen LogP contribution is -2.03. The summed E-state index contributed by atoms with van der Waals surface area (Å²) < 4.78 is 112. The number of nitrogens with zero attached hydrogens (tertiary/aromatic N) is 8. The Morgan fingerprint density at radius 2 is 0.903 bits per heavy atom. The van der Waals surface area contributed by atoms with Crippen LogP contribution in [0.25, 0.3) is 32.3 Å². The third-order valence-corrected chi connectivity index (χ3v) is 14.0. The minimum absolute atomic E-state index is 0.000237. The van der Waals surface area contributed by atoms with E-state index in [1.54, 1.807) is 67.6 Å². The Hall–Kier alpha value is -7.90. The smallest absolute Gasteiger partial charge is 0.296 e. The van der Waals surface area contributed by atoms with E-state index >= 15 is 0 Å². The van der Waals surface area contributed by atoms with Gasteiger partial charge in [0.2, 0.25) is 0 Å². The van der Waals surface area contributed by atoms with Crippen molar-refractivity contribution in [2.75, 3.05) is 5.73 Å². The SMILES string of the molecule is Cc1c(N=Nc2c(S(=O)(=O)O)cc3cc(S(=O)(=O)O)c(/N=N/c4ccc5c(O)c(N=Nc6ccccc6)c(SOOO)cc5c4C)c(O)c3c2N)ccc2c(O)c(N=Nc3ccccc3)c(S(=O)(=O)O)cc12. The van der Waals surface area contributed by atoms with Crippen molar-refractivity contribution in [3.05, 3.63) is 120 Å². The van der Waals surface area contributed by atoms with E-state index in [1.807, 2.05) is 0 Å². The predicted octanol–water partition coefficient (Wildman–Crippen LogP) is 12.3. The van der Waals surface area contributed by atoms with E-state index < -0.39 is 90.1 Å². The summed E-state index contributed by atoms with van der Waals surface area (Å²) in [6.07, 6.45) is 0. The van der Waals surface area contributed by atoms with Crippen molar-refractivity contribution in [1.82, 2.24) is 0 Å². The zero-order valence-corrected chi connectivity index (χ0v) is 39.8.